The van der Waals surface area contributed by atoms with Crippen LogP contribution in [0.5, 0.6) is 0 Å². The standard InChI is InChI=1S/C12H16N2O2/c1-2-7-14-10-5-3-9(4-6-10)8-11(13)12(15)16/h2-6,11,14H,1,7-8,13H2,(H,15,16). The smallest absolute Gasteiger partial charge is 0.320 e. The maximum atomic E-state index is 10.6. The van der Waals surface area contributed by atoms with E-state index >= 15 is 0 Å². The van der Waals surface area contributed by atoms with E-state index in [-0.39, 0.29) is 0 Å². The van der Waals surface area contributed by atoms with Gasteiger partial charge in [0.05, 0.1) is 0 Å². The first-order valence-electron chi connectivity index (χ1n) is 5.05. The Labute approximate surface area is 94.8 Å². The largest absolute Gasteiger partial charge is 0.480 e. The molecule has 16 heavy (non-hydrogen) atoms. The average molecular weight is 220 g/mol. The summed E-state index contributed by atoms with van der Waals surface area (Å²) in [4.78, 5) is 10.6. The van der Waals surface area contributed by atoms with Crippen LogP contribution in [0.25, 0.3) is 0 Å². The van der Waals surface area contributed by atoms with Crippen LogP contribution in [0, 0.1) is 0 Å². The molecule has 1 aromatic rings. The summed E-state index contributed by atoms with van der Waals surface area (Å²) in [7, 11) is 0. The summed E-state index contributed by atoms with van der Waals surface area (Å²) >= 11 is 0. The lowest BCUT2D eigenvalue weighted by atomic mass is 10.1. The number of nitrogens with one attached hydrogen (secondary N) is 1. The van der Waals surface area contributed by atoms with Crippen molar-refractivity contribution in [2.24, 2.45) is 5.73 Å². The molecule has 0 bridgehead atoms. The summed E-state index contributed by atoms with van der Waals surface area (Å²) in [5.41, 5.74) is 7.33. The Morgan fingerprint density at radius 1 is 1.50 bits per heavy atom. The van der Waals surface area contributed by atoms with Crippen LogP contribution in [-0.4, -0.2) is 23.7 Å². The van der Waals surface area contributed by atoms with Crippen LogP contribution in [0.2, 0.25) is 0 Å². The minimum absolute atomic E-state index is 0.344. The third-order valence-electron chi connectivity index (χ3n) is 2.18. The van der Waals surface area contributed by atoms with E-state index in [1.807, 2.05) is 24.3 Å². The fourth-order valence-electron chi connectivity index (χ4n) is 1.29. The Morgan fingerprint density at radius 2 is 2.12 bits per heavy atom. The maximum absolute atomic E-state index is 10.6. The second kappa shape index (κ2) is 5.92. The first-order valence-corrected chi connectivity index (χ1v) is 5.05. The zero-order chi connectivity index (χ0) is 12.0. The van der Waals surface area contributed by atoms with Crippen molar-refractivity contribution in [2.75, 3.05) is 11.9 Å². The van der Waals surface area contributed by atoms with Gasteiger partial charge in [-0.05, 0) is 24.1 Å². The zero-order valence-corrected chi connectivity index (χ0v) is 9.02. The number of nitrogens with two attached hydrogens (primary N) is 1. The summed E-state index contributed by atoms with van der Waals surface area (Å²) in [6, 6.07) is 6.69. The molecule has 1 unspecified atom stereocenters. The highest BCUT2D eigenvalue weighted by molar-refractivity contribution is 5.73. The number of carboxylic acids is 1. The molecule has 0 aliphatic heterocycles. The molecule has 0 amide bonds. The molecule has 1 rings (SSSR count). The van der Waals surface area contributed by atoms with Crippen LogP contribution in [0.15, 0.2) is 36.9 Å². The van der Waals surface area contributed by atoms with E-state index in [0.717, 1.165) is 11.3 Å². The number of carbonyl (C=O) groups is 1. The van der Waals surface area contributed by atoms with Gasteiger partial charge < -0.3 is 16.2 Å². The van der Waals surface area contributed by atoms with Crippen LogP contribution >= 0.6 is 0 Å². The van der Waals surface area contributed by atoms with Crippen molar-refractivity contribution in [1.29, 1.82) is 0 Å². The van der Waals surface area contributed by atoms with Crippen LogP contribution < -0.4 is 11.1 Å². The highest BCUT2D eigenvalue weighted by Gasteiger charge is 2.11. The first kappa shape index (κ1) is 12.3. The van der Waals surface area contributed by atoms with Crippen molar-refractivity contribution in [3.05, 3.63) is 42.5 Å². The molecule has 4 N–H and O–H groups in total. The fraction of sp³-hybridized carbons (Fsp3) is 0.250. The Morgan fingerprint density at radius 3 is 2.62 bits per heavy atom. The minimum Gasteiger partial charge on any atom is -0.480 e. The molecule has 0 aliphatic carbocycles. The number of aliphatic carboxylic acids is 1. The van der Waals surface area contributed by atoms with Gasteiger partial charge in [-0.15, -0.1) is 6.58 Å². The third-order valence-corrected chi connectivity index (χ3v) is 2.18. The molecule has 0 aromatic heterocycles. The van der Waals surface area contributed by atoms with Crippen molar-refractivity contribution in [3.8, 4) is 0 Å². The molecule has 0 spiro atoms. The summed E-state index contributed by atoms with van der Waals surface area (Å²) in [6.07, 6.45) is 2.12. The van der Waals surface area contributed by atoms with Crippen LogP contribution in [0.1, 0.15) is 5.56 Å². The van der Waals surface area contributed by atoms with Crippen molar-refractivity contribution in [3.63, 3.8) is 0 Å². The number of hydrogen-bond acceptors (Lipinski definition) is 3. The summed E-state index contributed by atoms with van der Waals surface area (Å²) in [6.45, 7) is 4.31. The fourth-order valence-corrected chi connectivity index (χ4v) is 1.29. The zero-order valence-electron chi connectivity index (χ0n) is 9.02. The van der Waals surface area contributed by atoms with E-state index in [4.69, 9.17) is 10.8 Å². The summed E-state index contributed by atoms with van der Waals surface area (Å²) in [5, 5.41) is 11.8. The first-order chi connectivity index (χ1) is 7.63. The Bertz CT molecular complexity index is 360. The number of benzene rings is 1. The molecule has 0 saturated heterocycles. The number of anilines is 1. The molecule has 0 heterocycles. The highest BCUT2D eigenvalue weighted by Crippen LogP contribution is 2.10. The van der Waals surface area contributed by atoms with E-state index in [2.05, 4.69) is 11.9 Å². The van der Waals surface area contributed by atoms with Gasteiger partial charge in [0.1, 0.15) is 6.04 Å². The molecule has 0 aliphatic rings. The predicted molar refractivity (Wildman–Crippen MR) is 64.4 cm³/mol. The monoisotopic (exact) mass is 220 g/mol. The lowest BCUT2D eigenvalue weighted by molar-refractivity contribution is -0.138. The van der Waals surface area contributed by atoms with Crippen molar-refractivity contribution in [2.45, 2.75) is 12.5 Å². The minimum atomic E-state index is -0.978. The van der Waals surface area contributed by atoms with Crippen molar-refractivity contribution < 1.29 is 9.90 Å². The van der Waals surface area contributed by atoms with Crippen molar-refractivity contribution >= 4 is 11.7 Å². The second-order valence-electron chi connectivity index (χ2n) is 3.52. The van der Waals surface area contributed by atoms with E-state index in [1.165, 1.54) is 0 Å². The maximum Gasteiger partial charge on any atom is 0.320 e. The SMILES string of the molecule is C=CCNc1ccc(CC(N)C(=O)O)cc1. The van der Waals surface area contributed by atoms with Gasteiger partial charge in [0.15, 0.2) is 0 Å². The van der Waals surface area contributed by atoms with E-state index in [9.17, 15) is 4.79 Å². The van der Waals surface area contributed by atoms with Gasteiger partial charge in [-0.2, -0.15) is 0 Å². The molecule has 86 valence electrons. The quantitative estimate of drug-likeness (QED) is 0.630. The molecular formula is C12H16N2O2. The van der Waals surface area contributed by atoms with E-state index in [1.54, 1.807) is 6.08 Å². The van der Waals surface area contributed by atoms with Gasteiger partial charge in [-0.3, -0.25) is 4.79 Å². The molecule has 4 nitrogen and oxygen atoms in total. The molecule has 4 heteroatoms. The van der Waals surface area contributed by atoms with Gasteiger partial charge in [0.25, 0.3) is 0 Å². The highest BCUT2D eigenvalue weighted by atomic mass is 16.4. The molecule has 1 atom stereocenters. The third kappa shape index (κ3) is 3.74. The summed E-state index contributed by atoms with van der Waals surface area (Å²) in [5.74, 6) is -0.978. The number of hydrogen-bond donors (Lipinski definition) is 3. The van der Waals surface area contributed by atoms with Gasteiger partial charge in [-0.1, -0.05) is 18.2 Å². The average Bonchev–Trinajstić information content (AvgIpc) is 2.28. The molecule has 1 aromatic carbocycles. The Hall–Kier alpha value is -1.81. The Kier molecular flexibility index (Phi) is 4.54. The molecule has 0 fully saturated rings. The molecule has 0 radical (unpaired) electrons. The molecule has 0 saturated carbocycles. The van der Waals surface area contributed by atoms with Crippen LogP contribution in [0.4, 0.5) is 5.69 Å². The normalized spacial score (nSPS) is 11.8. The lowest BCUT2D eigenvalue weighted by Gasteiger charge is -2.08. The lowest BCUT2D eigenvalue weighted by Crippen LogP contribution is -2.32. The van der Waals surface area contributed by atoms with Gasteiger partial charge in [0.2, 0.25) is 0 Å². The van der Waals surface area contributed by atoms with E-state index < -0.39 is 12.0 Å². The Balaban J connectivity index is 2.57. The second-order valence-corrected chi connectivity index (χ2v) is 3.52. The van der Waals surface area contributed by atoms with Gasteiger partial charge >= 0.3 is 5.97 Å². The van der Waals surface area contributed by atoms with Crippen LogP contribution in [-0.2, 0) is 11.2 Å². The topological polar surface area (TPSA) is 75.3 Å². The van der Waals surface area contributed by atoms with Gasteiger partial charge in [-0.25, -0.2) is 0 Å². The van der Waals surface area contributed by atoms with Crippen molar-refractivity contribution in [1.82, 2.24) is 0 Å². The van der Waals surface area contributed by atoms with E-state index in [0.29, 0.717) is 13.0 Å². The molecular weight excluding hydrogens is 204 g/mol. The van der Waals surface area contributed by atoms with Crippen LogP contribution in [0.3, 0.4) is 0 Å². The number of rotatable bonds is 6. The van der Waals surface area contributed by atoms with Gasteiger partial charge in [0, 0.05) is 12.2 Å². The predicted octanol–water partition coefficient (Wildman–Crippen LogP) is 1.24. The summed E-state index contributed by atoms with van der Waals surface area (Å²) < 4.78 is 0. The number of carboxylic acid groups (broad SMARTS) is 1.